The van der Waals surface area contributed by atoms with Crippen LogP contribution in [-0.4, -0.2) is 11.1 Å². The Labute approximate surface area is 84.1 Å². The van der Waals surface area contributed by atoms with Crippen LogP contribution in [0.15, 0.2) is 0 Å². The number of carbonyl (C=O) groups is 1. The maximum Gasteiger partial charge on any atom is 0.143 e. The third-order valence-electron chi connectivity index (χ3n) is 1.89. The first kappa shape index (κ1) is 12.2. The van der Waals surface area contributed by atoms with Crippen LogP contribution < -0.4 is 0 Å². The summed E-state index contributed by atoms with van der Waals surface area (Å²) in [4.78, 5) is 10.9. The third kappa shape index (κ3) is 8.25. The molecular formula is C10H19BrO. The van der Waals surface area contributed by atoms with Gasteiger partial charge in [0.1, 0.15) is 5.78 Å². The molecule has 2 heteroatoms. The third-order valence-corrected chi connectivity index (χ3v) is 2.51. The summed E-state index contributed by atoms with van der Waals surface area (Å²) in [5.74, 6) is 1.14. The van der Waals surface area contributed by atoms with E-state index >= 15 is 0 Å². The summed E-state index contributed by atoms with van der Waals surface area (Å²) in [7, 11) is 0. The fraction of sp³-hybridized carbons (Fsp3) is 0.900. The molecule has 0 aromatic heterocycles. The summed E-state index contributed by atoms with van der Waals surface area (Å²) < 4.78 is 0. The highest BCUT2D eigenvalue weighted by Crippen LogP contribution is 2.09. The number of carbonyl (C=O) groups excluding carboxylic acids is 1. The maximum atomic E-state index is 10.9. The normalized spacial score (nSPS) is 10.7. The van der Waals surface area contributed by atoms with Crippen LogP contribution in [0.3, 0.4) is 0 Å². The molecule has 0 unspecified atom stereocenters. The monoisotopic (exact) mass is 234 g/mol. The minimum absolute atomic E-state index is 0.333. The molecule has 0 radical (unpaired) electrons. The number of ketones is 1. The van der Waals surface area contributed by atoms with E-state index in [0.717, 1.165) is 18.8 Å². The second kappa shape index (κ2) is 7.78. The van der Waals surface area contributed by atoms with Crippen LogP contribution >= 0.6 is 15.9 Å². The van der Waals surface area contributed by atoms with Crippen LogP contribution in [0, 0.1) is 5.92 Å². The molecule has 0 aliphatic carbocycles. The van der Waals surface area contributed by atoms with Crippen molar-refractivity contribution in [1.82, 2.24) is 0 Å². The summed E-state index contributed by atoms with van der Waals surface area (Å²) >= 11 is 3.16. The molecule has 0 heterocycles. The lowest BCUT2D eigenvalue weighted by molar-refractivity contribution is -0.116. The number of Topliss-reactive ketones (excluding diaryl/α,β-unsaturated/α-hetero) is 1. The number of hydrogen-bond acceptors (Lipinski definition) is 1. The Morgan fingerprint density at radius 2 is 1.92 bits per heavy atom. The minimum Gasteiger partial charge on any atom is -0.299 e. The van der Waals surface area contributed by atoms with E-state index in [0.29, 0.717) is 11.1 Å². The Bertz CT molecular complexity index is 121. The Balaban J connectivity index is 3.05. The second-order valence-electron chi connectivity index (χ2n) is 3.67. The molecule has 72 valence electrons. The van der Waals surface area contributed by atoms with Gasteiger partial charge >= 0.3 is 0 Å². The summed E-state index contributed by atoms with van der Waals surface area (Å²) in [5, 5.41) is 0.525. The van der Waals surface area contributed by atoms with Crippen molar-refractivity contribution in [3.8, 4) is 0 Å². The molecule has 0 saturated heterocycles. The second-order valence-corrected chi connectivity index (χ2v) is 4.23. The van der Waals surface area contributed by atoms with Gasteiger partial charge in [0.2, 0.25) is 0 Å². The zero-order valence-electron chi connectivity index (χ0n) is 8.11. The highest BCUT2D eigenvalue weighted by atomic mass is 79.9. The largest absolute Gasteiger partial charge is 0.299 e. The van der Waals surface area contributed by atoms with Gasteiger partial charge in [-0.25, -0.2) is 0 Å². The summed E-state index contributed by atoms with van der Waals surface area (Å²) in [6, 6.07) is 0. The summed E-state index contributed by atoms with van der Waals surface area (Å²) in [5.41, 5.74) is 0. The van der Waals surface area contributed by atoms with Gasteiger partial charge in [0.15, 0.2) is 0 Å². The number of rotatable bonds is 7. The molecule has 1 nitrogen and oxygen atoms in total. The van der Waals surface area contributed by atoms with Crippen molar-refractivity contribution in [3.63, 3.8) is 0 Å². The van der Waals surface area contributed by atoms with Crippen molar-refractivity contribution in [3.05, 3.63) is 0 Å². The smallest absolute Gasteiger partial charge is 0.143 e. The van der Waals surface area contributed by atoms with Gasteiger partial charge in [-0.15, -0.1) is 0 Å². The fourth-order valence-corrected chi connectivity index (χ4v) is 1.40. The van der Waals surface area contributed by atoms with Crippen LogP contribution in [0.1, 0.15) is 46.0 Å². The quantitative estimate of drug-likeness (QED) is 0.487. The van der Waals surface area contributed by atoms with Gasteiger partial charge in [-0.1, -0.05) is 49.0 Å². The van der Waals surface area contributed by atoms with E-state index in [1.165, 1.54) is 19.3 Å². The molecule has 0 bridgehead atoms. The van der Waals surface area contributed by atoms with E-state index in [9.17, 15) is 4.79 Å². The van der Waals surface area contributed by atoms with E-state index < -0.39 is 0 Å². The number of halogens is 1. The van der Waals surface area contributed by atoms with Crippen molar-refractivity contribution in [2.45, 2.75) is 46.0 Å². The topological polar surface area (TPSA) is 17.1 Å². The first-order valence-corrected chi connectivity index (χ1v) is 5.86. The van der Waals surface area contributed by atoms with E-state index in [1.807, 2.05) is 0 Å². The van der Waals surface area contributed by atoms with Gasteiger partial charge in [0.05, 0.1) is 5.33 Å². The van der Waals surface area contributed by atoms with Crippen LogP contribution in [0.2, 0.25) is 0 Å². The maximum absolute atomic E-state index is 10.9. The number of hydrogen-bond donors (Lipinski definition) is 0. The van der Waals surface area contributed by atoms with Crippen molar-refractivity contribution in [1.29, 1.82) is 0 Å². The molecule has 0 atom stereocenters. The van der Waals surface area contributed by atoms with Crippen LogP contribution in [0.5, 0.6) is 0 Å². The SMILES string of the molecule is CC(C)CCCCCC(=O)CBr. The molecule has 0 N–H and O–H groups in total. The summed E-state index contributed by atoms with van der Waals surface area (Å²) in [6.07, 6.45) is 5.59. The zero-order valence-corrected chi connectivity index (χ0v) is 9.69. The van der Waals surface area contributed by atoms with Crippen LogP contribution in [0.4, 0.5) is 0 Å². The van der Waals surface area contributed by atoms with Gasteiger partial charge in [0, 0.05) is 6.42 Å². The van der Waals surface area contributed by atoms with Gasteiger partial charge in [-0.05, 0) is 12.3 Å². The first-order chi connectivity index (χ1) is 5.66. The Morgan fingerprint density at radius 3 is 2.42 bits per heavy atom. The predicted molar refractivity (Wildman–Crippen MR) is 56.7 cm³/mol. The molecule has 0 aliphatic heterocycles. The van der Waals surface area contributed by atoms with E-state index in [2.05, 4.69) is 29.8 Å². The molecular weight excluding hydrogens is 216 g/mol. The van der Waals surface area contributed by atoms with E-state index in [1.54, 1.807) is 0 Å². The van der Waals surface area contributed by atoms with Crippen LogP contribution in [0.25, 0.3) is 0 Å². The molecule has 0 aliphatic rings. The Morgan fingerprint density at radius 1 is 1.25 bits per heavy atom. The van der Waals surface area contributed by atoms with E-state index in [4.69, 9.17) is 0 Å². The zero-order chi connectivity index (χ0) is 9.40. The Hall–Kier alpha value is 0.150. The minimum atomic E-state index is 0.333. The van der Waals surface area contributed by atoms with Gasteiger partial charge < -0.3 is 0 Å². The van der Waals surface area contributed by atoms with Gasteiger partial charge in [-0.2, -0.15) is 0 Å². The highest BCUT2D eigenvalue weighted by molar-refractivity contribution is 9.09. The van der Waals surface area contributed by atoms with Crippen LogP contribution in [-0.2, 0) is 4.79 Å². The molecule has 12 heavy (non-hydrogen) atoms. The molecule has 0 saturated carbocycles. The van der Waals surface area contributed by atoms with E-state index in [-0.39, 0.29) is 0 Å². The first-order valence-electron chi connectivity index (χ1n) is 4.74. The Kier molecular flexibility index (Phi) is 7.88. The van der Waals surface area contributed by atoms with Crippen molar-refractivity contribution < 1.29 is 4.79 Å². The molecule has 0 aromatic rings. The van der Waals surface area contributed by atoms with Crippen molar-refractivity contribution in [2.75, 3.05) is 5.33 Å². The lowest BCUT2D eigenvalue weighted by Crippen LogP contribution is -1.98. The van der Waals surface area contributed by atoms with Gasteiger partial charge in [0.25, 0.3) is 0 Å². The summed E-state index contributed by atoms with van der Waals surface area (Å²) in [6.45, 7) is 4.48. The van der Waals surface area contributed by atoms with Gasteiger partial charge in [-0.3, -0.25) is 4.79 Å². The lowest BCUT2D eigenvalue weighted by Gasteiger charge is -2.02. The molecule has 0 rings (SSSR count). The molecule has 0 spiro atoms. The number of unbranched alkanes of at least 4 members (excludes halogenated alkanes) is 2. The standard InChI is InChI=1S/C10H19BrO/c1-9(2)6-4-3-5-7-10(12)8-11/h9H,3-8H2,1-2H3. The fourth-order valence-electron chi connectivity index (χ4n) is 1.12. The average Bonchev–Trinajstić information content (AvgIpc) is 2.03. The highest BCUT2D eigenvalue weighted by Gasteiger charge is 1.99. The molecule has 0 amide bonds. The predicted octanol–water partition coefficient (Wildman–Crippen LogP) is 3.56. The van der Waals surface area contributed by atoms with Crippen molar-refractivity contribution in [2.24, 2.45) is 5.92 Å². The number of alkyl halides is 1. The lowest BCUT2D eigenvalue weighted by atomic mass is 10.0. The van der Waals surface area contributed by atoms with Crippen molar-refractivity contribution >= 4 is 21.7 Å². The molecule has 0 fully saturated rings. The molecule has 0 aromatic carbocycles. The average molecular weight is 235 g/mol.